The van der Waals surface area contributed by atoms with Crippen molar-refractivity contribution in [2.75, 3.05) is 21.2 Å². The molecule has 0 saturated carbocycles. The molecule has 0 unspecified atom stereocenters. The van der Waals surface area contributed by atoms with Gasteiger partial charge in [-0.25, -0.2) is 0 Å². The summed E-state index contributed by atoms with van der Waals surface area (Å²) in [7, 11) is 5.05. The maximum atomic E-state index is 11.6. The number of carbonyl (C=O) groups is 1. The SMILES string of the molecule is COc1ccc(C(=O)C#CN(C)C)cc1Cl. The van der Waals surface area contributed by atoms with Gasteiger partial charge in [-0.3, -0.25) is 4.79 Å². The third-order valence-electron chi connectivity index (χ3n) is 1.81. The summed E-state index contributed by atoms with van der Waals surface area (Å²) in [6.07, 6.45) is 0. The molecule has 0 amide bonds. The molecule has 0 aliphatic heterocycles. The Hall–Kier alpha value is -1.66. The first-order valence-electron chi connectivity index (χ1n) is 4.61. The molecule has 0 N–H and O–H groups in total. The van der Waals surface area contributed by atoms with Crippen molar-refractivity contribution in [2.45, 2.75) is 0 Å². The topological polar surface area (TPSA) is 29.5 Å². The molecule has 0 aromatic heterocycles. The average molecular weight is 238 g/mol. The van der Waals surface area contributed by atoms with Gasteiger partial charge < -0.3 is 9.64 Å². The van der Waals surface area contributed by atoms with E-state index in [0.29, 0.717) is 16.3 Å². The smallest absolute Gasteiger partial charge is 0.237 e. The van der Waals surface area contributed by atoms with Crippen molar-refractivity contribution in [2.24, 2.45) is 0 Å². The summed E-state index contributed by atoms with van der Waals surface area (Å²) >= 11 is 5.90. The highest BCUT2D eigenvalue weighted by atomic mass is 35.5. The number of benzene rings is 1. The van der Waals surface area contributed by atoms with Gasteiger partial charge in [0.15, 0.2) is 0 Å². The number of rotatable bonds is 2. The van der Waals surface area contributed by atoms with Gasteiger partial charge in [-0.05, 0) is 24.1 Å². The molecule has 1 aromatic carbocycles. The van der Waals surface area contributed by atoms with Gasteiger partial charge in [0, 0.05) is 25.7 Å². The first-order valence-corrected chi connectivity index (χ1v) is 4.99. The number of Topliss-reactive ketones (excluding diaryl/α,β-unsaturated/α-hetero) is 1. The van der Waals surface area contributed by atoms with Gasteiger partial charge in [-0.1, -0.05) is 11.6 Å². The minimum atomic E-state index is -0.266. The second-order valence-electron chi connectivity index (χ2n) is 3.31. The molecule has 0 aliphatic carbocycles. The second kappa shape index (κ2) is 5.43. The van der Waals surface area contributed by atoms with Crippen LogP contribution in [0.3, 0.4) is 0 Å². The molecule has 16 heavy (non-hydrogen) atoms. The summed E-state index contributed by atoms with van der Waals surface area (Å²) in [6, 6.07) is 7.48. The van der Waals surface area contributed by atoms with Crippen molar-refractivity contribution in [3.63, 3.8) is 0 Å². The monoisotopic (exact) mass is 237 g/mol. The normalized spacial score (nSPS) is 9.00. The van der Waals surface area contributed by atoms with Crippen molar-refractivity contribution in [3.05, 3.63) is 28.8 Å². The van der Waals surface area contributed by atoms with Crippen LogP contribution in [0.4, 0.5) is 0 Å². The molecule has 1 rings (SSSR count). The average Bonchev–Trinajstić information content (AvgIpc) is 2.25. The molecule has 0 aliphatic rings. The van der Waals surface area contributed by atoms with E-state index in [1.807, 2.05) is 0 Å². The van der Waals surface area contributed by atoms with E-state index >= 15 is 0 Å². The number of methoxy groups -OCH3 is 1. The zero-order valence-corrected chi connectivity index (χ0v) is 10.1. The van der Waals surface area contributed by atoms with Crippen LogP contribution in [0.25, 0.3) is 0 Å². The van der Waals surface area contributed by atoms with Crippen molar-refractivity contribution < 1.29 is 9.53 Å². The molecule has 1 aromatic rings. The van der Waals surface area contributed by atoms with E-state index in [2.05, 4.69) is 12.0 Å². The van der Waals surface area contributed by atoms with Gasteiger partial charge in [-0.15, -0.1) is 0 Å². The van der Waals surface area contributed by atoms with Crippen molar-refractivity contribution in [1.82, 2.24) is 4.90 Å². The van der Waals surface area contributed by atoms with Crippen LogP contribution < -0.4 is 4.74 Å². The Balaban J connectivity index is 2.95. The Bertz CT molecular complexity index is 458. The largest absolute Gasteiger partial charge is 0.495 e. The third kappa shape index (κ3) is 3.18. The van der Waals surface area contributed by atoms with E-state index in [1.165, 1.54) is 7.11 Å². The van der Waals surface area contributed by atoms with Crippen molar-refractivity contribution in [3.8, 4) is 17.7 Å². The maximum absolute atomic E-state index is 11.6. The lowest BCUT2D eigenvalue weighted by Crippen LogP contribution is -2.03. The van der Waals surface area contributed by atoms with Gasteiger partial charge in [0.25, 0.3) is 0 Å². The standard InChI is InChI=1S/C12H12ClNO2/c1-14(2)7-6-11(15)9-4-5-12(16-3)10(13)8-9/h4-5,8H,1-3H3. The predicted octanol–water partition coefficient (Wildman–Crippen LogP) is 2.05. The summed E-state index contributed by atoms with van der Waals surface area (Å²) in [4.78, 5) is 13.2. The van der Waals surface area contributed by atoms with Gasteiger partial charge in [-0.2, -0.15) is 0 Å². The predicted molar refractivity (Wildman–Crippen MR) is 63.8 cm³/mol. The summed E-state index contributed by atoms with van der Waals surface area (Å²) in [5.41, 5.74) is 0.458. The minimum absolute atomic E-state index is 0.266. The first-order chi connectivity index (χ1) is 7.54. The van der Waals surface area contributed by atoms with Crippen LogP contribution in [0.15, 0.2) is 18.2 Å². The molecule has 84 valence electrons. The maximum Gasteiger partial charge on any atom is 0.237 e. The van der Waals surface area contributed by atoms with Gasteiger partial charge >= 0.3 is 0 Å². The zero-order chi connectivity index (χ0) is 12.1. The van der Waals surface area contributed by atoms with Crippen molar-refractivity contribution in [1.29, 1.82) is 0 Å². The summed E-state index contributed by atoms with van der Waals surface area (Å²) in [5.74, 6) is 2.78. The van der Waals surface area contributed by atoms with E-state index in [1.54, 1.807) is 37.2 Å². The Kier molecular flexibility index (Phi) is 4.21. The molecule has 0 heterocycles. The minimum Gasteiger partial charge on any atom is -0.495 e. The number of ether oxygens (including phenoxy) is 1. The van der Waals surface area contributed by atoms with Crippen LogP contribution in [0.2, 0.25) is 5.02 Å². The molecule has 0 atom stereocenters. The lowest BCUT2D eigenvalue weighted by Gasteiger charge is -2.03. The van der Waals surface area contributed by atoms with Crippen LogP contribution in [-0.2, 0) is 0 Å². The molecule has 0 bridgehead atoms. The van der Waals surface area contributed by atoms with E-state index in [-0.39, 0.29) is 5.78 Å². The molecule has 0 spiro atoms. The lowest BCUT2D eigenvalue weighted by atomic mass is 10.1. The van der Waals surface area contributed by atoms with Gasteiger partial charge in [0.1, 0.15) is 5.75 Å². The molecule has 3 nitrogen and oxygen atoms in total. The molecular weight excluding hydrogens is 226 g/mol. The Labute approximate surface area is 100.0 Å². The number of nitrogens with zero attached hydrogens (tertiary/aromatic N) is 1. The Morgan fingerprint density at radius 1 is 1.44 bits per heavy atom. The lowest BCUT2D eigenvalue weighted by molar-refractivity contribution is 0.105. The molecule has 0 radical (unpaired) electrons. The summed E-state index contributed by atoms with van der Waals surface area (Å²) < 4.78 is 4.99. The third-order valence-corrected chi connectivity index (χ3v) is 2.10. The first kappa shape index (κ1) is 12.4. The van der Waals surface area contributed by atoms with Gasteiger partial charge in [0.2, 0.25) is 5.78 Å². The Morgan fingerprint density at radius 2 is 2.12 bits per heavy atom. The number of hydrogen-bond acceptors (Lipinski definition) is 3. The fourth-order valence-electron chi connectivity index (χ4n) is 1.04. The molecule has 0 saturated heterocycles. The summed E-state index contributed by atoms with van der Waals surface area (Å²) in [5, 5.41) is 0.403. The van der Waals surface area contributed by atoms with E-state index in [0.717, 1.165) is 0 Å². The highest BCUT2D eigenvalue weighted by molar-refractivity contribution is 6.32. The number of hydrogen-bond donors (Lipinski definition) is 0. The second-order valence-corrected chi connectivity index (χ2v) is 3.72. The highest BCUT2D eigenvalue weighted by Crippen LogP contribution is 2.24. The Morgan fingerprint density at radius 3 is 2.62 bits per heavy atom. The van der Waals surface area contributed by atoms with Crippen LogP contribution in [0.1, 0.15) is 10.4 Å². The van der Waals surface area contributed by atoms with Crippen LogP contribution in [0, 0.1) is 12.0 Å². The fraction of sp³-hybridized carbons (Fsp3) is 0.250. The van der Waals surface area contributed by atoms with Crippen molar-refractivity contribution >= 4 is 17.4 Å². The highest BCUT2D eigenvalue weighted by Gasteiger charge is 2.06. The van der Waals surface area contributed by atoms with Crippen LogP contribution in [-0.4, -0.2) is 31.9 Å². The van der Waals surface area contributed by atoms with Crippen LogP contribution >= 0.6 is 11.6 Å². The van der Waals surface area contributed by atoms with E-state index in [9.17, 15) is 4.79 Å². The molecule has 4 heteroatoms. The summed E-state index contributed by atoms with van der Waals surface area (Å²) in [6.45, 7) is 0. The zero-order valence-electron chi connectivity index (χ0n) is 9.37. The van der Waals surface area contributed by atoms with Gasteiger partial charge in [0.05, 0.1) is 12.1 Å². The number of ketones is 1. The number of carbonyl (C=O) groups excluding carboxylic acids is 1. The van der Waals surface area contributed by atoms with E-state index in [4.69, 9.17) is 16.3 Å². The molecule has 0 fully saturated rings. The quantitative estimate of drug-likeness (QED) is 0.448. The van der Waals surface area contributed by atoms with Crippen LogP contribution in [0.5, 0.6) is 5.75 Å². The fourth-order valence-corrected chi connectivity index (χ4v) is 1.30. The number of halogens is 1. The molecular formula is C12H12ClNO2. The van der Waals surface area contributed by atoms with E-state index < -0.39 is 0 Å².